The van der Waals surface area contributed by atoms with Crippen molar-refractivity contribution >= 4 is 34.1 Å². The fraction of sp³-hybridized carbons (Fsp3) is 0.0500. The number of hydrogen-bond donors (Lipinski definition) is 1. The predicted octanol–water partition coefficient (Wildman–Crippen LogP) is 4.24. The largest absolute Gasteiger partial charge is 0.484 e. The van der Waals surface area contributed by atoms with Crippen LogP contribution in [0.1, 0.15) is 5.69 Å². The minimum atomic E-state index is -0.858. The SMILES string of the molecule is O=c1[nH]c2cccc(Cl)c2c(=O)n1-c1cc(OCc2ncccc2F)c(F)cc1Cl. The van der Waals surface area contributed by atoms with E-state index in [0.717, 1.165) is 16.7 Å². The summed E-state index contributed by atoms with van der Waals surface area (Å²) in [4.78, 5) is 31.9. The first kappa shape index (κ1) is 20.1. The van der Waals surface area contributed by atoms with Crippen LogP contribution in [0.4, 0.5) is 8.78 Å². The number of aromatic amines is 1. The molecule has 0 fully saturated rings. The fourth-order valence-electron chi connectivity index (χ4n) is 2.91. The summed E-state index contributed by atoms with van der Waals surface area (Å²) in [6.07, 6.45) is 1.36. The summed E-state index contributed by atoms with van der Waals surface area (Å²) in [5.41, 5.74) is -1.46. The van der Waals surface area contributed by atoms with Gasteiger partial charge in [-0.1, -0.05) is 29.3 Å². The second-order valence-corrected chi connectivity index (χ2v) is 7.00. The number of pyridine rings is 1. The molecule has 4 aromatic rings. The second kappa shape index (κ2) is 7.89. The number of ether oxygens (including phenoxy) is 1. The molecule has 0 aliphatic carbocycles. The summed E-state index contributed by atoms with van der Waals surface area (Å²) in [6.45, 7) is -0.376. The molecule has 0 saturated heterocycles. The van der Waals surface area contributed by atoms with Crippen molar-refractivity contribution in [3.8, 4) is 11.4 Å². The van der Waals surface area contributed by atoms with E-state index in [2.05, 4.69) is 9.97 Å². The predicted molar refractivity (Wildman–Crippen MR) is 109 cm³/mol. The lowest BCUT2D eigenvalue weighted by atomic mass is 10.2. The maximum Gasteiger partial charge on any atom is 0.333 e. The van der Waals surface area contributed by atoms with E-state index in [1.54, 1.807) is 6.07 Å². The summed E-state index contributed by atoms with van der Waals surface area (Å²) in [5.74, 6) is -1.82. The highest BCUT2D eigenvalue weighted by atomic mass is 35.5. The van der Waals surface area contributed by atoms with Crippen LogP contribution in [0.25, 0.3) is 16.6 Å². The molecular weight excluding hydrogens is 439 g/mol. The molecule has 0 aliphatic heterocycles. The molecule has 0 radical (unpaired) electrons. The van der Waals surface area contributed by atoms with Crippen LogP contribution in [0.2, 0.25) is 10.0 Å². The molecule has 4 rings (SSSR count). The number of hydrogen-bond acceptors (Lipinski definition) is 4. The molecular formula is C20H11Cl2F2N3O3. The summed E-state index contributed by atoms with van der Waals surface area (Å²) < 4.78 is 34.1. The van der Waals surface area contributed by atoms with E-state index in [1.165, 1.54) is 30.5 Å². The zero-order valence-corrected chi connectivity index (χ0v) is 16.5. The lowest BCUT2D eigenvalue weighted by Gasteiger charge is -2.13. The summed E-state index contributed by atoms with van der Waals surface area (Å²) in [5, 5.41) is -0.0112. The van der Waals surface area contributed by atoms with Gasteiger partial charge in [0.15, 0.2) is 11.6 Å². The van der Waals surface area contributed by atoms with E-state index in [-0.39, 0.29) is 44.7 Å². The van der Waals surface area contributed by atoms with Crippen molar-refractivity contribution in [2.24, 2.45) is 0 Å². The molecule has 0 spiro atoms. The van der Waals surface area contributed by atoms with Crippen LogP contribution < -0.4 is 16.0 Å². The van der Waals surface area contributed by atoms with Crippen molar-refractivity contribution in [2.45, 2.75) is 6.61 Å². The molecule has 6 nitrogen and oxygen atoms in total. The Bertz CT molecular complexity index is 1400. The van der Waals surface area contributed by atoms with E-state index >= 15 is 0 Å². The summed E-state index contributed by atoms with van der Waals surface area (Å²) >= 11 is 12.2. The standard InChI is InChI=1S/C20H11Cl2F2N3O3/c21-10-3-1-5-14-18(10)19(28)27(20(29)26-14)16-8-17(13(24)7-11(16)22)30-9-15-12(23)4-2-6-25-15/h1-8H,9H2,(H,26,29). The van der Waals surface area contributed by atoms with E-state index in [1.807, 2.05) is 0 Å². The number of benzene rings is 2. The van der Waals surface area contributed by atoms with Crippen LogP contribution in [0, 0.1) is 11.6 Å². The topological polar surface area (TPSA) is 77.0 Å². The molecule has 0 unspecified atom stereocenters. The molecule has 152 valence electrons. The van der Waals surface area contributed by atoms with Crippen LogP contribution in [0.5, 0.6) is 5.75 Å². The Hall–Kier alpha value is -3.23. The Balaban J connectivity index is 1.83. The molecule has 2 heterocycles. The molecule has 0 saturated carbocycles. The minimum Gasteiger partial charge on any atom is -0.484 e. The van der Waals surface area contributed by atoms with Crippen molar-refractivity contribution in [3.63, 3.8) is 0 Å². The lowest BCUT2D eigenvalue weighted by Crippen LogP contribution is -2.34. The number of aromatic nitrogens is 3. The second-order valence-electron chi connectivity index (χ2n) is 6.19. The highest BCUT2D eigenvalue weighted by Crippen LogP contribution is 2.29. The van der Waals surface area contributed by atoms with Crippen LogP contribution in [0.3, 0.4) is 0 Å². The van der Waals surface area contributed by atoms with Crippen molar-refractivity contribution < 1.29 is 13.5 Å². The maximum atomic E-state index is 14.3. The van der Waals surface area contributed by atoms with Crippen LogP contribution in [-0.4, -0.2) is 14.5 Å². The molecule has 10 heteroatoms. The van der Waals surface area contributed by atoms with Gasteiger partial charge in [0.25, 0.3) is 5.56 Å². The van der Waals surface area contributed by atoms with E-state index in [9.17, 15) is 18.4 Å². The number of H-pyrrole nitrogens is 1. The van der Waals surface area contributed by atoms with Crippen LogP contribution in [-0.2, 0) is 6.61 Å². The zero-order chi connectivity index (χ0) is 21.4. The van der Waals surface area contributed by atoms with Gasteiger partial charge < -0.3 is 9.72 Å². The number of fused-ring (bicyclic) bond motifs is 1. The van der Waals surface area contributed by atoms with E-state index < -0.39 is 22.9 Å². The molecule has 0 bridgehead atoms. The van der Waals surface area contributed by atoms with E-state index in [4.69, 9.17) is 27.9 Å². The van der Waals surface area contributed by atoms with Crippen molar-refractivity contribution in [3.05, 3.63) is 96.9 Å². The van der Waals surface area contributed by atoms with Gasteiger partial charge in [0, 0.05) is 12.3 Å². The van der Waals surface area contributed by atoms with Gasteiger partial charge >= 0.3 is 5.69 Å². The highest BCUT2D eigenvalue weighted by molar-refractivity contribution is 6.35. The highest BCUT2D eigenvalue weighted by Gasteiger charge is 2.18. The fourth-order valence-corrected chi connectivity index (χ4v) is 3.40. The third kappa shape index (κ3) is 3.55. The Morgan fingerprint density at radius 2 is 1.83 bits per heavy atom. The number of nitrogens with one attached hydrogen (secondary N) is 1. The van der Waals surface area contributed by atoms with Crippen molar-refractivity contribution in [2.75, 3.05) is 0 Å². The lowest BCUT2D eigenvalue weighted by molar-refractivity contribution is 0.279. The van der Waals surface area contributed by atoms with Crippen molar-refractivity contribution in [1.29, 1.82) is 0 Å². The Morgan fingerprint density at radius 3 is 2.60 bits per heavy atom. The zero-order valence-electron chi connectivity index (χ0n) is 15.0. The monoisotopic (exact) mass is 449 g/mol. The average molecular weight is 450 g/mol. The Kier molecular flexibility index (Phi) is 5.27. The quantitative estimate of drug-likeness (QED) is 0.505. The third-order valence-electron chi connectivity index (χ3n) is 4.32. The summed E-state index contributed by atoms with van der Waals surface area (Å²) in [6, 6.07) is 9.17. The van der Waals surface area contributed by atoms with Gasteiger partial charge in [0.2, 0.25) is 0 Å². The van der Waals surface area contributed by atoms with Gasteiger partial charge in [-0.05, 0) is 30.3 Å². The molecule has 0 atom stereocenters. The maximum absolute atomic E-state index is 14.3. The third-order valence-corrected chi connectivity index (χ3v) is 4.93. The first-order chi connectivity index (χ1) is 14.4. The summed E-state index contributed by atoms with van der Waals surface area (Å²) in [7, 11) is 0. The van der Waals surface area contributed by atoms with Crippen molar-refractivity contribution in [1.82, 2.24) is 14.5 Å². The van der Waals surface area contributed by atoms with Gasteiger partial charge in [0.1, 0.15) is 18.1 Å². The molecule has 0 aliphatic rings. The van der Waals surface area contributed by atoms with E-state index in [0.29, 0.717) is 0 Å². The van der Waals surface area contributed by atoms with Crippen LogP contribution in [0.15, 0.2) is 58.3 Å². The van der Waals surface area contributed by atoms with Crippen LogP contribution >= 0.6 is 23.2 Å². The Labute approximate surface area is 177 Å². The molecule has 2 aromatic carbocycles. The Morgan fingerprint density at radius 1 is 1.03 bits per heavy atom. The van der Waals surface area contributed by atoms with Gasteiger partial charge in [-0.15, -0.1) is 0 Å². The number of nitrogens with zero attached hydrogens (tertiary/aromatic N) is 2. The van der Waals surface area contributed by atoms with Gasteiger partial charge in [-0.3, -0.25) is 9.78 Å². The smallest absolute Gasteiger partial charge is 0.333 e. The molecule has 2 aromatic heterocycles. The molecule has 0 amide bonds. The number of halogens is 4. The van der Waals surface area contributed by atoms with Gasteiger partial charge in [-0.25, -0.2) is 18.1 Å². The normalized spacial score (nSPS) is 11.1. The minimum absolute atomic E-state index is 0.0408. The van der Waals surface area contributed by atoms with Gasteiger partial charge in [0.05, 0.1) is 26.6 Å². The average Bonchev–Trinajstić information content (AvgIpc) is 2.69. The first-order valence-electron chi connectivity index (χ1n) is 8.52. The number of rotatable bonds is 4. The first-order valence-corrected chi connectivity index (χ1v) is 9.27. The molecule has 30 heavy (non-hydrogen) atoms. The molecule has 1 N–H and O–H groups in total. The van der Waals surface area contributed by atoms with Gasteiger partial charge in [-0.2, -0.15) is 0 Å².